The van der Waals surface area contributed by atoms with Crippen LogP contribution >= 0.6 is 15.9 Å². The number of methoxy groups -OCH3 is 1. The zero-order valence-electron chi connectivity index (χ0n) is 9.71. The number of nitrogen functional groups attached to an aromatic ring is 1. The van der Waals surface area contributed by atoms with Crippen LogP contribution in [0.3, 0.4) is 0 Å². The highest BCUT2D eigenvalue weighted by molar-refractivity contribution is 9.10. The minimum atomic E-state index is -0.296. The summed E-state index contributed by atoms with van der Waals surface area (Å²) in [4.78, 5) is 0. The van der Waals surface area contributed by atoms with Gasteiger partial charge in [0.05, 0.1) is 17.3 Å². The molecule has 0 aliphatic carbocycles. The Morgan fingerprint density at radius 2 is 1.83 bits per heavy atom. The Balaban J connectivity index is 2.25. The van der Waals surface area contributed by atoms with Crippen LogP contribution in [0.25, 0.3) is 0 Å². The molecule has 0 heterocycles. The molecule has 0 aliphatic rings. The molecule has 0 atom stereocenters. The SMILES string of the molecule is COc1cc(Nc2ccc(F)c(Br)c2)ccc1N. The van der Waals surface area contributed by atoms with Crippen molar-refractivity contribution in [2.75, 3.05) is 18.2 Å². The quantitative estimate of drug-likeness (QED) is 0.845. The third kappa shape index (κ3) is 2.73. The molecule has 2 aromatic carbocycles. The van der Waals surface area contributed by atoms with Crippen LogP contribution in [0, 0.1) is 5.82 Å². The van der Waals surface area contributed by atoms with Gasteiger partial charge in [-0.1, -0.05) is 0 Å². The van der Waals surface area contributed by atoms with Gasteiger partial charge in [0.25, 0.3) is 0 Å². The van der Waals surface area contributed by atoms with Crippen LogP contribution in [0.15, 0.2) is 40.9 Å². The van der Waals surface area contributed by atoms with Crippen molar-refractivity contribution in [2.45, 2.75) is 0 Å². The van der Waals surface area contributed by atoms with E-state index in [0.29, 0.717) is 15.9 Å². The van der Waals surface area contributed by atoms with Gasteiger partial charge >= 0.3 is 0 Å². The van der Waals surface area contributed by atoms with Gasteiger partial charge in [-0.2, -0.15) is 0 Å². The molecular formula is C13H12BrFN2O. The van der Waals surface area contributed by atoms with E-state index in [2.05, 4.69) is 21.2 Å². The Morgan fingerprint density at radius 1 is 1.17 bits per heavy atom. The van der Waals surface area contributed by atoms with Crippen LogP contribution in [0.4, 0.5) is 21.5 Å². The second-order valence-corrected chi connectivity index (χ2v) is 4.56. The first-order valence-electron chi connectivity index (χ1n) is 5.26. The van der Waals surface area contributed by atoms with Gasteiger partial charge in [0.15, 0.2) is 0 Å². The standard InChI is InChI=1S/C13H12BrFN2O/c1-18-13-7-9(3-5-12(13)16)17-8-2-4-11(15)10(14)6-8/h2-7,17H,16H2,1H3. The monoisotopic (exact) mass is 310 g/mol. The molecule has 0 bridgehead atoms. The predicted molar refractivity (Wildman–Crippen MR) is 74.8 cm³/mol. The summed E-state index contributed by atoms with van der Waals surface area (Å²) >= 11 is 3.14. The molecule has 18 heavy (non-hydrogen) atoms. The average Bonchev–Trinajstić information content (AvgIpc) is 2.36. The lowest BCUT2D eigenvalue weighted by Gasteiger charge is -2.10. The summed E-state index contributed by atoms with van der Waals surface area (Å²) in [5.74, 6) is 0.302. The number of nitrogens with two attached hydrogens (primary N) is 1. The maximum Gasteiger partial charge on any atom is 0.143 e. The molecule has 0 spiro atoms. The highest BCUT2D eigenvalue weighted by Gasteiger charge is 2.03. The van der Waals surface area contributed by atoms with E-state index in [1.54, 1.807) is 31.4 Å². The highest BCUT2D eigenvalue weighted by Crippen LogP contribution is 2.28. The second-order valence-electron chi connectivity index (χ2n) is 3.71. The van der Waals surface area contributed by atoms with Gasteiger partial charge in [-0.05, 0) is 46.3 Å². The fraction of sp³-hybridized carbons (Fsp3) is 0.0769. The highest BCUT2D eigenvalue weighted by atomic mass is 79.9. The van der Waals surface area contributed by atoms with Gasteiger partial charge < -0.3 is 15.8 Å². The van der Waals surface area contributed by atoms with E-state index in [4.69, 9.17) is 10.5 Å². The Kier molecular flexibility index (Phi) is 3.72. The lowest BCUT2D eigenvalue weighted by atomic mass is 10.2. The Labute approximate surface area is 113 Å². The van der Waals surface area contributed by atoms with Gasteiger partial charge in [-0.25, -0.2) is 4.39 Å². The van der Waals surface area contributed by atoms with E-state index in [1.165, 1.54) is 6.07 Å². The molecule has 0 radical (unpaired) electrons. The van der Waals surface area contributed by atoms with Crippen LogP contribution in [0.1, 0.15) is 0 Å². The first-order chi connectivity index (χ1) is 8.60. The number of anilines is 3. The molecular weight excluding hydrogens is 299 g/mol. The van der Waals surface area contributed by atoms with E-state index in [1.807, 2.05) is 6.07 Å². The summed E-state index contributed by atoms with van der Waals surface area (Å²) in [6.07, 6.45) is 0. The molecule has 0 aromatic heterocycles. The van der Waals surface area contributed by atoms with Gasteiger partial charge in [-0.15, -0.1) is 0 Å². The number of ether oxygens (including phenoxy) is 1. The van der Waals surface area contributed by atoms with Crippen molar-refractivity contribution in [3.8, 4) is 5.75 Å². The number of hydrogen-bond donors (Lipinski definition) is 2. The first-order valence-corrected chi connectivity index (χ1v) is 6.05. The van der Waals surface area contributed by atoms with Gasteiger partial charge in [0, 0.05) is 17.4 Å². The molecule has 5 heteroatoms. The van der Waals surface area contributed by atoms with Crippen LogP contribution in [-0.4, -0.2) is 7.11 Å². The van der Waals surface area contributed by atoms with Gasteiger partial charge in [0.2, 0.25) is 0 Å². The fourth-order valence-corrected chi connectivity index (χ4v) is 1.91. The van der Waals surface area contributed by atoms with Crippen molar-refractivity contribution in [3.05, 3.63) is 46.7 Å². The number of benzene rings is 2. The van der Waals surface area contributed by atoms with Crippen molar-refractivity contribution >= 4 is 33.0 Å². The largest absolute Gasteiger partial charge is 0.495 e. The summed E-state index contributed by atoms with van der Waals surface area (Å²) < 4.78 is 18.6. The molecule has 0 aliphatic heterocycles. The third-order valence-corrected chi connectivity index (χ3v) is 3.05. The number of halogens is 2. The number of rotatable bonds is 3. The number of hydrogen-bond acceptors (Lipinski definition) is 3. The maximum atomic E-state index is 13.1. The van der Waals surface area contributed by atoms with E-state index >= 15 is 0 Å². The smallest absolute Gasteiger partial charge is 0.143 e. The Morgan fingerprint density at radius 3 is 2.50 bits per heavy atom. The topological polar surface area (TPSA) is 47.3 Å². The molecule has 94 valence electrons. The first kappa shape index (κ1) is 12.7. The van der Waals surface area contributed by atoms with Crippen molar-refractivity contribution in [1.29, 1.82) is 0 Å². The molecule has 0 saturated heterocycles. The van der Waals surface area contributed by atoms with Crippen LogP contribution in [0.2, 0.25) is 0 Å². The molecule has 0 fully saturated rings. The van der Waals surface area contributed by atoms with Crippen LogP contribution < -0.4 is 15.8 Å². The summed E-state index contributed by atoms with van der Waals surface area (Å²) in [6, 6.07) is 10.1. The lowest BCUT2D eigenvalue weighted by molar-refractivity contribution is 0.417. The van der Waals surface area contributed by atoms with Crippen LogP contribution in [-0.2, 0) is 0 Å². The summed E-state index contributed by atoms with van der Waals surface area (Å²) in [7, 11) is 1.56. The van der Waals surface area contributed by atoms with Gasteiger partial charge in [-0.3, -0.25) is 0 Å². The van der Waals surface area contributed by atoms with E-state index < -0.39 is 0 Å². The Hall–Kier alpha value is -1.75. The summed E-state index contributed by atoms with van der Waals surface area (Å²) in [6.45, 7) is 0. The Bertz CT molecular complexity index is 575. The molecule has 3 nitrogen and oxygen atoms in total. The van der Waals surface area contributed by atoms with Gasteiger partial charge in [0.1, 0.15) is 11.6 Å². The van der Waals surface area contributed by atoms with E-state index in [-0.39, 0.29) is 5.82 Å². The minimum Gasteiger partial charge on any atom is -0.495 e. The van der Waals surface area contributed by atoms with Crippen LogP contribution in [0.5, 0.6) is 5.75 Å². The fourth-order valence-electron chi connectivity index (χ4n) is 1.53. The lowest BCUT2D eigenvalue weighted by Crippen LogP contribution is -1.95. The predicted octanol–water partition coefficient (Wildman–Crippen LogP) is 3.92. The maximum absolute atomic E-state index is 13.1. The molecule has 2 rings (SSSR count). The van der Waals surface area contributed by atoms with Crippen molar-refractivity contribution < 1.29 is 9.13 Å². The zero-order chi connectivity index (χ0) is 13.1. The molecule has 0 unspecified atom stereocenters. The normalized spacial score (nSPS) is 10.2. The number of nitrogens with one attached hydrogen (secondary N) is 1. The van der Waals surface area contributed by atoms with Crippen molar-refractivity contribution in [2.24, 2.45) is 0 Å². The third-order valence-electron chi connectivity index (χ3n) is 2.44. The van der Waals surface area contributed by atoms with E-state index in [9.17, 15) is 4.39 Å². The molecule has 2 aromatic rings. The average molecular weight is 311 g/mol. The van der Waals surface area contributed by atoms with E-state index in [0.717, 1.165) is 11.4 Å². The minimum absolute atomic E-state index is 0.296. The second kappa shape index (κ2) is 5.27. The molecule has 0 saturated carbocycles. The zero-order valence-corrected chi connectivity index (χ0v) is 11.3. The van der Waals surface area contributed by atoms with Crippen molar-refractivity contribution in [3.63, 3.8) is 0 Å². The summed E-state index contributed by atoms with van der Waals surface area (Å²) in [5.41, 5.74) is 7.89. The molecule has 0 amide bonds. The molecule has 3 N–H and O–H groups in total. The van der Waals surface area contributed by atoms with Crippen molar-refractivity contribution in [1.82, 2.24) is 0 Å². The summed E-state index contributed by atoms with van der Waals surface area (Å²) in [5, 5.41) is 3.14.